The minimum absolute atomic E-state index is 0.0613. The van der Waals surface area contributed by atoms with Crippen LogP contribution in [0.3, 0.4) is 0 Å². The average molecular weight is 484 g/mol. The summed E-state index contributed by atoms with van der Waals surface area (Å²) < 4.78 is 0. The van der Waals surface area contributed by atoms with Gasteiger partial charge in [0.05, 0.1) is 5.25 Å². The van der Waals surface area contributed by atoms with Crippen molar-refractivity contribution < 1.29 is 19.5 Å². The van der Waals surface area contributed by atoms with Crippen molar-refractivity contribution in [2.45, 2.75) is 69.2 Å². The topological polar surface area (TPSA) is 108 Å². The lowest BCUT2D eigenvalue weighted by Crippen LogP contribution is -2.61. The second-order valence-corrected chi connectivity index (χ2v) is 9.67. The molecule has 3 atom stereocenters. The molecule has 0 spiro atoms. The molecule has 1 aromatic heterocycles. The first kappa shape index (κ1) is 25.7. The van der Waals surface area contributed by atoms with E-state index in [0.29, 0.717) is 12.8 Å². The number of nitrogens with one attached hydrogen (secondary N) is 2. The number of aromatic nitrogens is 1. The van der Waals surface area contributed by atoms with Crippen LogP contribution < -0.4 is 10.6 Å². The van der Waals surface area contributed by atoms with Crippen molar-refractivity contribution >= 4 is 30.4 Å². The Morgan fingerprint density at radius 2 is 1.79 bits per heavy atom. The van der Waals surface area contributed by atoms with E-state index in [9.17, 15) is 19.5 Å². The molecule has 34 heavy (non-hydrogen) atoms. The zero-order chi connectivity index (χ0) is 24.7. The number of carbonyl (C=O) groups is 3. The van der Waals surface area contributed by atoms with Crippen LogP contribution in [0.15, 0.2) is 48.8 Å². The number of hydrogen-bond acceptors (Lipinski definition) is 5. The Hall–Kier alpha value is -2.87. The monoisotopic (exact) mass is 483 g/mol. The molecule has 0 unspecified atom stereocenters. The smallest absolute Gasteiger partial charge is 0.326 e. The zero-order valence-electron chi connectivity index (χ0n) is 19.7. The highest BCUT2D eigenvalue weighted by atomic mass is 32.1. The van der Waals surface area contributed by atoms with E-state index in [1.807, 2.05) is 50.2 Å². The van der Waals surface area contributed by atoms with Crippen LogP contribution in [-0.4, -0.2) is 44.7 Å². The third-order valence-electron chi connectivity index (χ3n) is 6.70. The molecule has 1 fully saturated rings. The van der Waals surface area contributed by atoms with Gasteiger partial charge in [0.25, 0.3) is 0 Å². The molecule has 7 nitrogen and oxygen atoms in total. The molecule has 0 bridgehead atoms. The summed E-state index contributed by atoms with van der Waals surface area (Å²) in [5.41, 5.74) is 1.64. The number of benzene rings is 1. The van der Waals surface area contributed by atoms with Gasteiger partial charge in [-0.1, -0.05) is 63.4 Å². The molecular formula is C26H33N3O4S. The van der Waals surface area contributed by atoms with Crippen LogP contribution in [0, 0.1) is 5.92 Å². The standard InChI is InChI=1S/C26H33N3O4S/c1-3-17(2)22(34)23(30)29-26(12-4-5-13-26)25(33)28-21(24(31)32)15-18-8-10-19(11-9-18)20-7-6-14-27-16-20/h6-11,14,16-17,21-22,34H,3-5,12-13,15H2,1-2H3,(H,28,33)(H,29,30)(H,31,32)/t17-,21+,22+/m1/s1. The Labute approximate surface area is 206 Å². The number of carboxylic acid groups (broad SMARTS) is 1. The first-order valence-corrected chi connectivity index (χ1v) is 12.3. The number of hydrogen-bond donors (Lipinski definition) is 4. The summed E-state index contributed by atoms with van der Waals surface area (Å²) in [5.74, 6) is -1.78. The van der Waals surface area contributed by atoms with Crippen LogP contribution in [0.5, 0.6) is 0 Å². The summed E-state index contributed by atoms with van der Waals surface area (Å²) in [6.07, 6.45) is 6.96. The summed E-state index contributed by atoms with van der Waals surface area (Å²) in [5, 5.41) is 14.9. The lowest BCUT2D eigenvalue weighted by molar-refractivity contribution is -0.143. The third-order valence-corrected chi connectivity index (χ3v) is 7.44. The molecule has 3 rings (SSSR count). The van der Waals surface area contributed by atoms with E-state index in [2.05, 4.69) is 28.2 Å². The van der Waals surface area contributed by atoms with E-state index in [1.54, 1.807) is 12.4 Å². The van der Waals surface area contributed by atoms with Crippen molar-refractivity contribution in [1.82, 2.24) is 15.6 Å². The van der Waals surface area contributed by atoms with Crippen molar-refractivity contribution in [3.8, 4) is 11.1 Å². The highest BCUT2D eigenvalue weighted by Gasteiger charge is 2.44. The summed E-state index contributed by atoms with van der Waals surface area (Å²) in [4.78, 5) is 42.2. The summed E-state index contributed by atoms with van der Waals surface area (Å²) in [6, 6.07) is 10.2. The molecule has 1 heterocycles. The van der Waals surface area contributed by atoms with Gasteiger partial charge < -0.3 is 15.7 Å². The molecule has 2 amide bonds. The van der Waals surface area contributed by atoms with Crippen molar-refractivity contribution in [2.24, 2.45) is 5.92 Å². The van der Waals surface area contributed by atoms with Gasteiger partial charge in [0.2, 0.25) is 11.8 Å². The average Bonchev–Trinajstić information content (AvgIpc) is 3.33. The van der Waals surface area contributed by atoms with E-state index >= 15 is 0 Å². The Morgan fingerprint density at radius 1 is 1.12 bits per heavy atom. The number of carbonyl (C=O) groups excluding carboxylic acids is 2. The second-order valence-electron chi connectivity index (χ2n) is 9.12. The predicted octanol–water partition coefficient (Wildman–Crippen LogP) is 3.63. The quantitative estimate of drug-likeness (QED) is 0.386. The maximum atomic E-state index is 13.3. The number of amides is 2. The largest absolute Gasteiger partial charge is 0.480 e. The minimum Gasteiger partial charge on any atom is -0.480 e. The first-order chi connectivity index (χ1) is 16.3. The molecule has 1 aliphatic rings. The Kier molecular flexibility index (Phi) is 8.72. The first-order valence-electron chi connectivity index (χ1n) is 11.8. The van der Waals surface area contributed by atoms with Crippen molar-refractivity contribution in [3.63, 3.8) is 0 Å². The van der Waals surface area contributed by atoms with Gasteiger partial charge in [0.15, 0.2) is 0 Å². The number of aliphatic carboxylic acids is 1. The molecule has 2 aromatic rings. The molecule has 1 saturated carbocycles. The van der Waals surface area contributed by atoms with Crippen LogP contribution in [0.4, 0.5) is 0 Å². The molecule has 0 saturated heterocycles. The fourth-order valence-electron chi connectivity index (χ4n) is 4.28. The van der Waals surface area contributed by atoms with Gasteiger partial charge in [-0.05, 0) is 41.5 Å². The van der Waals surface area contributed by atoms with Crippen LogP contribution >= 0.6 is 12.6 Å². The van der Waals surface area contributed by atoms with Gasteiger partial charge in [0.1, 0.15) is 11.6 Å². The number of rotatable bonds is 10. The van der Waals surface area contributed by atoms with Crippen molar-refractivity contribution in [1.29, 1.82) is 0 Å². The predicted molar refractivity (Wildman–Crippen MR) is 135 cm³/mol. The minimum atomic E-state index is -1.11. The van der Waals surface area contributed by atoms with Gasteiger partial charge in [-0.3, -0.25) is 14.6 Å². The Balaban J connectivity index is 1.70. The summed E-state index contributed by atoms with van der Waals surface area (Å²) >= 11 is 4.44. The maximum Gasteiger partial charge on any atom is 0.326 e. The van der Waals surface area contributed by atoms with Crippen molar-refractivity contribution in [3.05, 3.63) is 54.4 Å². The second kappa shape index (κ2) is 11.5. The zero-order valence-corrected chi connectivity index (χ0v) is 20.6. The van der Waals surface area contributed by atoms with Gasteiger partial charge in [-0.15, -0.1) is 0 Å². The highest BCUT2D eigenvalue weighted by molar-refractivity contribution is 7.81. The number of nitrogens with zero attached hydrogens (tertiary/aromatic N) is 1. The molecule has 0 aliphatic heterocycles. The van der Waals surface area contributed by atoms with Crippen LogP contribution in [0.25, 0.3) is 11.1 Å². The van der Waals surface area contributed by atoms with E-state index in [0.717, 1.165) is 36.0 Å². The maximum absolute atomic E-state index is 13.3. The molecule has 182 valence electrons. The molecule has 1 aromatic carbocycles. The number of carboxylic acids is 1. The fourth-order valence-corrected chi connectivity index (χ4v) is 4.55. The van der Waals surface area contributed by atoms with Gasteiger partial charge >= 0.3 is 5.97 Å². The van der Waals surface area contributed by atoms with Crippen LogP contribution in [-0.2, 0) is 20.8 Å². The van der Waals surface area contributed by atoms with E-state index in [-0.39, 0.29) is 18.2 Å². The van der Waals surface area contributed by atoms with Gasteiger partial charge in [0, 0.05) is 18.8 Å². The lowest BCUT2D eigenvalue weighted by atomic mass is 9.93. The SMILES string of the molecule is CC[C@@H](C)[C@H](S)C(=O)NC1(C(=O)N[C@@H](Cc2ccc(-c3cccnc3)cc2)C(=O)O)CCCC1. The summed E-state index contributed by atoms with van der Waals surface area (Å²) in [6.45, 7) is 3.93. The lowest BCUT2D eigenvalue weighted by Gasteiger charge is -2.32. The van der Waals surface area contributed by atoms with E-state index in [1.165, 1.54) is 0 Å². The van der Waals surface area contributed by atoms with E-state index < -0.39 is 28.7 Å². The number of pyridine rings is 1. The summed E-state index contributed by atoms with van der Waals surface area (Å²) in [7, 11) is 0. The normalized spacial score (nSPS) is 17.4. The van der Waals surface area contributed by atoms with Gasteiger partial charge in [-0.2, -0.15) is 12.6 Å². The molecule has 1 aliphatic carbocycles. The molecule has 0 radical (unpaired) electrons. The molecule has 3 N–H and O–H groups in total. The van der Waals surface area contributed by atoms with Crippen LogP contribution in [0.1, 0.15) is 51.5 Å². The molecular weight excluding hydrogens is 450 g/mol. The third kappa shape index (κ3) is 6.17. The highest BCUT2D eigenvalue weighted by Crippen LogP contribution is 2.31. The van der Waals surface area contributed by atoms with E-state index in [4.69, 9.17) is 0 Å². The van der Waals surface area contributed by atoms with Crippen molar-refractivity contribution in [2.75, 3.05) is 0 Å². The molecule has 8 heteroatoms. The fraction of sp³-hybridized carbons (Fsp3) is 0.462. The van der Waals surface area contributed by atoms with Crippen LogP contribution in [0.2, 0.25) is 0 Å². The Morgan fingerprint density at radius 3 is 2.35 bits per heavy atom. The van der Waals surface area contributed by atoms with Gasteiger partial charge in [-0.25, -0.2) is 4.79 Å². The Bertz CT molecular complexity index is 991. The number of thiol groups is 1.